The highest BCUT2D eigenvalue weighted by Crippen LogP contribution is 2.08. The first-order chi connectivity index (χ1) is 5.91. The van der Waals surface area contributed by atoms with Gasteiger partial charge in [-0.3, -0.25) is 4.79 Å². The van der Waals surface area contributed by atoms with Crippen LogP contribution < -0.4 is 10.9 Å². The second kappa shape index (κ2) is 3.15. The number of nitrogens with two attached hydrogens (primary N) is 2. The van der Waals surface area contributed by atoms with Crippen molar-refractivity contribution in [3.63, 3.8) is 0 Å². The van der Waals surface area contributed by atoms with Crippen molar-refractivity contribution in [2.24, 2.45) is 10.9 Å². The predicted molar refractivity (Wildman–Crippen MR) is 45.2 cm³/mol. The zero-order valence-corrected chi connectivity index (χ0v) is 7.34. The van der Waals surface area contributed by atoms with Crippen molar-refractivity contribution < 1.29 is 13.2 Å². The van der Waals surface area contributed by atoms with E-state index >= 15 is 0 Å². The van der Waals surface area contributed by atoms with Crippen LogP contribution in [-0.4, -0.2) is 14.3 Å². The molecular formula is C7H7N2O3S. The first-order valence-electron chi connectivity index (χ1n) is 3.25. The molecule has 0 bridgehead atoms. The van der Waals surface area contributed by atoms with Crippen LogP contribution >= 0.6 is 0 Å². The van der Waals surface area contributed by atoms with E-state index in [1.54, 1.807) is 0 Å². The number of primary amides is 1. The maximum Gasteiger partial charge on any atom is 0.248 e. The first kappa shape index (κ1) is 9.69. The third kappa shape index (κ3) is 2.27. The Morgan fingerprint density at radius 1 is 1.38 bits per heavy atom. The van der Waals surface area contributed by atoms with Crippen LogP contribution in [-0.2, 0) is 10.0 Å². The highest BCUT2D eigenvalue weighted by molar-refractivity contribution is 7.89. The lowest BCUT2D eigenvalue weighted by molar-refractivity contribution is 0.1000. The summed E-state index contributed by atoms with van der Waals surface area (Å²) in [7, 11) is -3.80. The Balaban J connectivity index is 3.29. The summed E-state index contributed by atoms with van der Waals surface area (Å²) in [5.41, 5.74) is 4.99. The van der Waals surface area contributed by atoms with Crippen molar-refractivity contribution in [2.75, 3.05) is 0 Å². The molecule has 0 aliphatic heterocycles. The molecule has 1 aromatic carbocycles. The third-order valence-electron chi connectivity index (χ3n) is 1.38. The van der Waals surface area contributed by atoms with Gasteiger partial charge in [0.15, 0.2) is 0 Å². The van der Waals surface area contributed by atoms with Gasteiger partial charge in [0.25, 0.3) is 0 Å². The molecule has 0 spiro atoms. The maximum atomic E-state index is 10.8. The van der Waals surface area contributed by atoms with Crippen LogP contribution in [0, 0.1) is 6.07 Å². The fourth-order valence-electron chi connectivity index (χ4n) is 0.757. The number of sulfonamides is 1. The van der Waals surface area contributed by atoms with Crippen LogP contribution in [0.15, 0.2) is 23.1 Å². The Bertz CT molecular complexity index is 439. The highest BCUT2D eigenvalue weighted by atomic mass is 32.2. The molecule has 0 saturated heterocycles. The minimum atomic E-state index is -3.80. The molecule has 0 aliphatic rings. The molecule has 1 amide bonds. The average Bonchev–Trinajstić information content (AvgIpc) is 2.03. The molecule has 69 valence electrons. The largest absolute Gasteiger partial charge is 0.366 e. The number of carbonyl (C=O) groups is 1. The van der Waals surface area contributed by atoms with Crippen LogP contribution in [0.4, 0.5) is 0 Å². The summed E-state index contributed by atoms with van der Waals surface area (Å²) in [5, 5.41) is 4.83. The molecule has 1 rings (SSSR count). The Kier molecular flexibility index (Phi) is 2.35. The van der Waals surface area contributed by atoms with E-state index in [1.807, 2.05) is 0 Å². The lowest BCUT2D eigenvalue weighted by Crippen LogP contribution is -2.15. The Hall–Kier alpha value is -1.40. The molecule has 0 aliphatic carbocycles. The summed E-state index contributed by atoms with van der Waals surface area (Å²) in [5.74, 6) is -0.721. The van der Waals surface area contributed by atoms with Crippen LogP contribution in [0.2, 0.25) is 0 Å². The fraction of sp³-hybridized carbons (Fsp3) is 0. The van der Waals surface area contributed by atoms with E-state index in [-0.39, 0.29) is 10.5 Å². The summed E-state index contributed by atoms with van der Waals surface area (Å²) in [6, 6.07) is 6.02. The smallest absolute Gasteiger partial charge is 0.248 e. The van der Waals surface area contributed by atoms with Gasteiger partial charge in [0.2, 0.25) is 15.9 Å². The summed E-state index contributed by atoms with van der Waals surface area (Å²) < 4.78 is 21.6. The third-order valence-corrected chi connectivity index (χ3v) is 2.27. The highest BCUT2D eigenvalue weighted by Gasteiger charge is 2.09. The maximum absolute atomic E-state index is 10.8. The molecule has 1 radical (unpaired) electrons. The van der Waals surface area contributed by atoms with Gasteiger partial charge in [-0.15, -0.1) is 0 Å². The molecular weight excluding hydrogens is 192 g/mol. The second-order valence-corrected chi connectivity index (χ2v) is 3.93. The van der Waals surface area contributed by atoms with E-state index < -0.39 is 15.9 Å². The lowest BCUT2D eigenvalue weighted by Gasteiger charge is -1.98. The normalized spacial score (nSPS) is 11.2. The molecule has 0 unspecified atom stereocenters. The van der Waals surface area contributed by atoms with E-state index in [2.05, 4.69) is 6.07 Å². The monoisotopic (exact) mass is 199 g/mol. The van der Waals surface area contributed by atoms with Crippen molar-refractivity contribution in [3.8, 4) is 0 Å². The topological polar surface area (TPSA) is 103 Å². The Morgan fingerprint density at radius 2 is 2.00 bits per heavy atom. The standard InChI is InChI=1S/C7H7N2O3S/c8-7(10)5-2-1-3-6(4-5)13(9,11)12/h2-4H,(H2,8,10)(H2,9,11,12). The molecule has 0 heterocycles. The number of primary sulfonamides is 1. The zero-order valence-electron chi connectivity index (χ0n) is 6.52. The van der Waals surface area contributed by atoms with Gasteiger partial charge in [-0.2, -0.15) is 0 Å². The molecule has 5 nitrogen and oxygen atoms in total. The van der Waals surface area contributed by atoms with Gasteiger partial charge >= 0.3 is 0 Å². The first-order valence-corrected chi connectivity index (χ1v) is 4.79. The van der Waals surface area contributed by atoms with E-state index in [1.165, 1.54) is 12.1 Å². The van der Waals surface area contributed by atoms with Crippen molar-refractivity contribution >= 4 is 15.9 Å². The minimum Gasteiger partial charge on any atom is -0.366 e. The molecule has 1 aromatic rings. The average molecular weight is 199 g/mol. The number of hydrogen-bond donors (Lipinski definition) is 2. The Morgan fingerprint density at radius 3 is 2.46 bits per heavy atom. The van der Waals surface area contributed by atoms with Gasteiger partial charge in [0, 0.05) is 5.56 Å². The van der Waals surface area contributed by atoms with Crippen molar-refractivity contribution in [3.05, 3.63) is 29.8 Å². The van der Waals surface area contributed by atoms with Gasteiger partial charge in [-0.05, 0) is 24.3 Å². The zero-order chi connectivity index (χ0) is 10.1. The number of benzene rings is 1. The van der Waals surface area contributed by atoms with Gasteiger partial charge in [0.1, 0.15) is 0 Å². The summed E-state index contributed by atoms with van der Waals surface area (Å²) >= 11 is 0. The predicted octanol–water partition coefficient (Wildman–Crippen LogP) is -0.767. The van der Waals surface area contributed by atoms with E-state index in [0.29, 0.717) is 0 Å². The summed E-state index contributed by atoms with van der Waals surface area (Å²) in [6.07, 6.45) is 0. The number of hydrogen-bond acceptors (Lipinski definition) is 3. The van der Waals surface area contributed by atoms with Crippen LogP contribution in [0.25, 0.3) is 0 Å². The minimum absolute atomic E-state index is 0.0616. The second-order valence-electron chi connectivity index (χ2n) is 2.37. The van der Waals surface area contributed by atoms with Crippen molar-refractivity contribution in [2.45, 2.75) is 4.90 Å². The Labute approximate surface area is 75.4 Å². The lowest BCUT2D eigenvalue weighted by atomic mass is 10.2. The number of amides is 1. The molecule has 0 aromatic heterocycles. The van der Waals surface area contributed by atoms with Crippen LogP contribution in [0.3, 0.4) is 0 Å². The molecule has 0 fully saturated rings. The summed E-state index contributed by atoms with van der Waals surface area (Å²) in [4.78, 5) is 10.5. The molecule has 6 heteroatoms. The number of rotatable bonds is 2. The van der Waals surface area contributed by atoms with Crippen molar-refractivity contribution in [1.82, 2.24) is 0 Å². The van der Waals surface area contributed by atoms with Crippen molar-refractivity contribution in [1.29, 1.82) is 0 Å². The fourth-order valence-corrected chi connectivity index (χ4v) is 1.28. The van der Waals surface area contributed by atoms with E-state index in [0.717, 1.165) is 6.07 Å². The van der Waals surface area contributed by atoms with E-state index in [9.17, 15) is 13.2 Å². The van der Waals surface area contributed by atoms with Gasteiger partial charge < -0.3 is 5.73 Å². The SMILES string of the molecule is NC(=O)c1c[c]cc(S(N)(=O)=O)c1. The van der Waals surface area contributed by atoms with Gasteiger partial charge in [-0.25, -0.2) is 13.6 Å². The molecule has 4 N–H and O–H groups in total. The van der Waals surface area contributed by atoms with Gasteiger partial charge in [-0.1, -0.05) is 0 Å². The summed E-state index contributed by atoms with van der Waals surface area (Å²) in [6.45, 7) is 0. The van der Waals surface area contributed by atoms with E-state index in [4.69, 9.17) is 10.9 Å². The van der Waals surface area contributed by atoms with Gasteiger partial charge in [0.05, 0.1) is 4.90 Å². The van der Waals surface area contributed by atoms with Crippen LogP contribution in [0.1, 0.15) is 10.4 Å². The number of carbonyl (C=O) groups excluding carboxylic acids is 1. The molecule has 0 atom stereocenters. The molecule has 13 heavy (non-hydrogen) atoms. The molecule has 0 saturated carbocycles. The quantitative estimate of drug-likeness (QED) is 0.653. The van der Waals surface area contributed by atoms with Crippen LogP contribution in [0.5, 0.6) is 0 Å².